The molecule has 15 nitrogen and oxygen atoms in total. The lowest BCUT2D eigenvalue weighted by atomic mass is 9.68. The summed E-state index contributed by atoms with van der Waals surface area (Å²) in [5, 5.41) is 30.2. The first-order chi connectivity index (χ1) is 23.6. The number of esters is 2. The normalized spacial score (nSPS) is 14.0. The van der Waals surface area contributed by atoms with E-state index in [-0.39, 0.29) is 5.56 Å². The lowest BCUT2D eigenvalue weighted by molar-refractivity contribution is -0.226. The fourth-order valence-electron chi connectivity index (χ4n) is 4.59. The van der Waals surface area contributed by atoms with E-state index in [1.807, 2.05) is 0 Å². The number of aliphatic hydroxyl groups excluding tert-OH is 3. The number of carbonyl (C=O) groups excluding carboxylic acids is 8. The number of benzene rings is 3. The van der Waals surface area contributed by atoms with Crippen molar-refractivity contribution in [3.05, 3.63) is 108 Å². The van der Waals surface area contributed by atoms with Crippen molar-refractivity contribution in [2.24, 2.45) is 0 Å². The Labute approximate surface area is 285 Å². The summed E-state index contributed by atoms with van der Waals surface area (Å²) < 4.78 is 10.1. The predicted octanol–water partition coefficient (Wildman–Crippen LogP) is 1.55. The van der Waals surface area contributed by atoms with Crippen molar-refractivity contribution in [3.8, 4) is 0 Å². The van der Waals surface area contributed by atoms with Gasteiger partial charge in [0.05, 0.1) is 23.3 Å². The van der Waals surface area contributed by atoms with E-state index < -0.39 is 77.0 Å². The number of hydrogen-bond acceptors (Lipinski definition) is 15. The fourth-order valence-corrected chi connectivity index (χ4v) is 4.59. The maximum absolute atomic E-state index is 13.0. The number of ketones is 4. The second-order valence-corrected chi connectivity index (χ2v) is 10.4. The van der Waals surface area contributed by atoms with Gasteiger partial charge in [-0.3, -0.25) is 24.0 Å². The second-order valence-electron chi connectivity index (χ2n) is 10.4. The highest BCUT2D eigenvalue weighted by molar-refractivity contribution is 6.45. The van der Waals surface area contributed by atoms with Gasteiger partial charge in [-0.1, -0.05) is 54.6 Å². The molecule has 0 aliphatic carbocycles. The van der Waals surface area contributed by atoms with Crippen LogP contribution in [-0.2, 0) is 43.2 Å². The predicted molar refractivity (Wildman–Crippen MR) is 169 cm³/mol. The van der Waals surface area contributed by atoms with Crippen LogP contribution >= 0.6 is 0 Å². The van der Waals surface area contributed by atoms with Gasteiger partial charge >= 0.3 is 23.9 Å². The van der Waals surface area contributed by atoms with Crippen molar-refractivity contribution < 1.29 is 72.9 Å². The van der Waals surface area contributed by atoms with Gasteiger partial charge in [-0.05, 0) is 50.2 Å². The molecule has 0 bridgehead atoms. The number of rotatable bonds is 13. The highest BCUT2D eigenvalue weighted by Crippen LogP contribution is 2.39. The molecule has 0 aliphatic heterocycles. The molecule has 0 aromatic heterocycles. The molecule has 0 saturated heterocycles. The van der Waals surface area contributed by atoms with Crippen LogP contribution in [0.3, 0.4) is 0 Å². The van der Waals surface area contributed by atoms with Crippen molar-refractivity contribution in [1.29, 1.82) is 0 Å². The highest BCUT2D eigenvalue weighted by Gasteiger charge is 2.73. The fraction of sp³-hybridized carbons (Fsp3) is 0.257. The van der Waals surface area contributed by atoms with Crippen molar-refractivity contribution in [2.45, 2.75) is 51.1 Å². The third-order valence-electron chi connectivity index (χ3n) is 6.92. The summed E-state index contributed by atoms with van der Waals surface area (Å²) in [6.07, 6.45) is -4.94. The number of carbonyl (C=O) groups is 8. The molecular formula is C35H34O15. The van der Waals surface area contributed by atoms with Crippen LogP contribution in [0.25, 0.3) is 0 Å². The summed E-state index contributed by atoms with van der Waals surface area (Å²) >= 11 is 0. The van der Waals surface area contributed by atoms with Crippen LogP contribution in [0.1, 0.15) is 58.8 Å². The van der Waals surface area contributed by atoms with E-state index in [0.29, 0.717) is 31.9 Å². The molecule has 0 radical (unpaired) electrons. The zero-order chi connectivity index (χ0) is 37.6. The maximum atomic E-state index is 13.0. The molecule has 0 spiro atoms. The second kappa shape index (κ2) is 18.0. The third-order valence-corrected chi connectivity index (χ3v) is 6.92. The van der Waals surface area contributed by atoms with Crippen molar-refractivity contribution in [2.75, 3.05) is 6.61 Å². The van der Waals surface area contributed by atoms with E-state index in [1.165, 1.54) is 30.3 Å². The van der Waals surface area contributed by atoms with Crippen molar-refractivity contribution >= 4 is 47.0 Å². The molecule has 3 aromatic rings. The first-order valence-electron chi connectivity index (χ1n) is 14.6. The zero-order valence-corrected chi connectivity index (χ0v) is 27.3. The van der Waals surface area contributed by atoms with Gasteiger partial charge in [-0.2, -0.15) is 0 Å². The molecule has 3 rings (SSSR count). The number of Topliss-reactive ketones (excluding diaryl/α,β-unsaturated/α-hetero) is 4. The molecule has 0 fully saturated rings. The SMILES string of the molecule is CC(=O)O[C@@](C(C)=O)(C(=O)C(C)=O)C(OC(=O)c1ccccc1)(C(C)=O)C(O)C(O)CO.O=C(OOC(=O)c1ccccc1)c1ccccc1. The Hall–Kier alpha value is -5.90. The summed E-state index contributed by atoms with van der Waals surface area (Å²) in [5.74, 6) is -10.2. The average Bonchev–Trinajstić information content (AvgIpc) is 3.11. The standard InChI is InChI=1S/C21H24O11.C14H10O4/c1-11(23)17(28)20(12(2)24,31-14(4)26)21(13(3)25,18(29)16(27)10-22)32-19(30)15-8-6-5-7-9-15;15-13(11-7-3-1-4-8-11)17-18-14(16)12-9-5-2-6-10-12/h5-9,16,18,22,27,29H,10H2,1-4H3;1-10H/t16?,18?,20-,21?;/m0./s1. The van der Waals surface area contributed by atoms with Gasteiger partial charge in [0.1, 0.15) is 12.2 Å². The Morgan fingerprint density at radius 2 is 0.960 bits per heavy atom. The molecule has 3 N–H and O–H groups in total. The minimum atomic E-state index is -3.49. The number of aliphatic hydroxyl groups is 3. The lowest BCUT2D eigenvalue weighted by Gasteiger charge is -2.46. The quantitative estimate of drug-likeness (QED) is 0.0757. The number of ether oxygens (including phenoxy) is 2. The van der Waals surface area contributed by atoms with E-state index in [1.54, 1.807) is 60.7 Å². The van der Waals surface area contributed by atoms with E-state index in [2.05, 4.69) is 9.78 Å². The van der Waals surface area contributed by atoms with E-state index in [0.717, 1.165) is 6.92 Å². The van der Waals surface area contributed by atoms with E-state index >= 15 is 0 Å². The van der Waals surface area contributed by atoms with Gasteiger partial charge in [-0.15, -0.1) is 0 Å². The third kappa shape index (κ3) is 9.16. The summed E-state index contributed by atoms with van der Waals surface area (Å²) in [6.45, 7) is 1.56. The van der Waals surface area contributed by atoms with Crippen LogP contribution in [0.15, 0.2) is 91.0 Å². The smallest absolute Gasteiger partial charge is 0.386 e. The van der Waals surface area contributed by atoms with Crippen molar-refractivity contribution in [3.63, 3.8) is 0 Å². The molecule has 0 amide bonds. The highest BCUT2D eigenvalue weighted by atomic mass is 17.2. The lowest BCUT2D eigenvalue weighted by Crippen LogP contribution is -2.77. The molecule has 0 saturated carbocycles. The van der Waals surface area contributed by atoms with Crippen LogP contribution in [0, 0.1) is 0 Å². The number of hydrogen-bond donors (Lipinski definition) is 3. The molecular weight excluding hydrogens is 660 g/mol. The summed E-state index contributed by atoms with van der Waals surface area (Å²) in [5.41, 5.74) is -6.49. The van der Waals surface area contributed by atoms with Gasteiger partial charge in [0.15, 0.2) is 17.3 Å². The van der Waals surface area contributed by atoms with Gasteiger partial charge in [0.25, 0.3) is 17.0 Å². The Bertz CT molecular complexity index is 1650. The van der Waals surface area contributed by atoms with Crippen molar-refractivity contribution in [1.82, 2.24) is 0 Å². The van der Waals surface area contributed by atoms with E-state index in [4.69, 9.17) is 9.47 Å². The molecule has 3 unspecified atom stereocenters. The Morgan fingerprint density at radius 3 is 1.26 bits per heavy atom. The molecule has 0 aliphatic rings. The minimum Gasteiger partial charge on any atom is -0.439 e. The maximum Gasteiger partial charge on any atom is 0.386 e. The molecule has 264 valence electrons. The minimum absolute atomic E-state index is 0.209. The molecule has 0 heterocycles. The van der Waals surface area contributed by atoms with Crippen LogP contribution in [0.5, 0.6) is 0 Å². The van der Waals surface area contributed by atoms with Crippen LogP contribution in [0.4, 0.5) is 0 Å². The monoisotopic (exact) mass is 694 g/mol. The summed E-state index contributed by atoms with van der Waals surface area (Å²) in [7, 11) is 0. The molecule has 50 heavy (non-hydrogen) atoms. The Kier molecular flexibility index (Phi) is 14.5. The zero-order valence-electron chi connectivity index (χ0n) is 27.3. The van der Waals surface area contributed by atoms with Gasteiger partial charge < -0.3 is 24.8 Å². The van der Waals surface area contributed by atoms with Gasteiger partial charge in [0.2, 0.25) is 0 Å². The molecule has 4 atom stereocenters. The largest absolute Gasteiger partial charge is 0.439 e. The Balaban J connectivity index is 0.000000403. The van der Waals surface area contributed by atoms with Crippen LogP contribution in [-0.4, -0.2) is 92.3 Å². The van der Waals surface area contributed by atoms with Crippen LogP contribution < -0.4 is 0 Å². The van der Waals surface area contributed by atoms with E-state index in [9.17, 15) is 53.7 Å². The summed E-state index contributed by atoms with van der Waals surface area (Å²) in [4.78, 5) is 107. The topological polar surface area (TPSA) is 234 Å². The van der Waals surface area contributed by atoms with Gasteiger partial charge in [0, 0.05) is 13.8 Å². The molecule has 15 heteroatoms. The van der Waals surface area contributed by atoms with Crippen LogP contribution in [0.2, 0.25) is 0 Å². The Morgan fingerprint density at radius 1 is 0.580 bits per heavy atom. The van der Waals surface area contributed by atoms with Gasteiger partial charge in [-0.25, -0.2) is 24.2 Å². The first kappa shape index (κ1) is 40.3. The average molecular weight is 695 g/mol. The first-order valence-corrected chi connectivity index (χ1v) is 14.6. The summed E-state index contributed by atoms with van der Waals surface area (Å²) in [6, 6.07) is 23.4. The molecule has 3 aromatic carbocycles.